The monoisotopic (exact) mass is 125 g/mol. The van der Waals surface area contributed by atoms with Crippen molar-refractivity contribution in [3.8, 4) is 0 Å². The smallest absolute Gasteiger partial charge is 0.0920 e. The normalized spacial score (nSPS) is 9.56. The molecular formula is C8H18B. The highest BCUT2D eigenvalue weighted by Crippen LogP contribution is 2.04. The molecule has 0 rings (SSSR count). The van der Waals surface area contributed by atoms with Gasteiger partial charge in [0.05, 0.1) is 0 Å². The molecule has 0 aromatic rings. The molecule has 0 aromatic carbocycles. The van der Waals surface area contributed by atoms with E-state index in [-0.39, 0.29) is 0 Å². The fraction of sp³-hybridized carbons (Fsp3) is 1.00. The summed E-state index contributed by atoms with van der Waals surface area (Å²) in [4.78, 5) is 0. The number of rotatable bonds is 6. The first-order valence-corrected chi connectivity index (χ1v) is 4.19. The van der Waals surface area contributed by atoms with Crippen molar-refractivity contribution in [3.05, 3.63) is 0 Å². The Morgan fingerprint density at radius 2 is 1.67 bits per heavy atom. The Labute approximate surface area is 60.3 Å². The van der Waals surface area contributed by atoms with Crippen LogP contribution in [0, 0.1) is 0 Å². The molecule has 0 nitrogen and oxygen atoms in total. The van der Waals surface area contributed by atoms with Crippen LogP contribution in [-0.4, -0.2) is 7.28 Å². The Morgan fingerprint density at radius 1 is 1.00 bits per heavy atom. The molecule has 0 saturated heterocycles. The van der Waals surface area contributed by atoms with Gasteiger partial charge in [0.25, 0.3) is 0 Å². The van der Waals surface area contributed by atoms with Crippen molar-refractivity contribution in [3.63, 3.8) is 0 Å². The van der Waals surface area contributed by atoms with Crippen LogP contribution in [0.5, 0.6) is 0 Å². The Hall–Kier alpha value is 0.0649. The number of hydrogen-bond acceptors (Lipinski definition) is 0. The van der Waals surface area contributed by atoms with Crippen LogP contribution in [0.1, 0.15) is 39.0 Å². The number of hydrogen-bond donors (Lipinski definition) is 0. The zero-order chi connectivity index (χ0) is 6.95. The first-order valence-electron chi connectivity index (χ1n) is 4.19. The maximum absolute atomic E-state index is 2.26. The summed E-state index contributed by atoms with van der Waals surface area (Å²) >= 11 is 0. The molecule has 0 N–H and O–H groups in total. The van der Waals surface area contributed by atoms with Gasteiger partial charge in [-0.1, -0.05) is 52.2 Å². The van der Waals surface area contributed by atoms with Crippen molar-refractivity contribution in [1.29, 1.82) is 0 Å². The summed E-state index contributed by atoms with van der Waals surface area (Å²) in [5, 5.41) is 0. The van der Waals surface area contributed by atoms with E-state index in [1.807, 2.05) is 0 Å². The topological polar surface area (TPSA) is 0 Å². The van der Waals surface area contributed by atoms with Crippen LogP contribution in [0.25, 0.3) is 0 Å². The van der Waals surface area contributed by atoms with Crippen molar-refractivity contribution in [2.75, 3.05) is 0 Å². The van der Waals surface area contributed by atoms with Crippen molar-refractivity contribution in [1.82, 2.24) is 0 Å². The standard InChI is InChI=1S/C8H18B/c1-3-4-5-6-7-8-9-2/h3-8H2,1-2H3. The third-order valence-electron chi connectivity index (χ3n) is 1.60. The van der Waals surface area contributed by atoms with Gasteiger partial charge < -0.3 is 0 Å². The van der Waals surface area contributed by atoms with Crippen LogP contribution in [0.4, 0.5) is 0 Å². The molecule has 0 aliphatic heterocycles. The molecule has 0 fully saturated rings. The molecule has 1 radical (unpaired) electrons. The highest BCUT2D eigenvalue weighted by molar-refractivity contribution is 6.33. The average molecular weight is 125 g/mol. The maximum atomic E-state index is 2.26. The fourth-order valence-corrected chi connectivity index (χ4v) is 0.952. The Balaban J connectivity index is 2.60. The van der Waals surface area contributed by atoms with Crippen LogP contribution >= 0.6 is 0 Å². The van der Waals surface area contributed by atoms with Gasteiger partial charge in [-0.25, -0.2) is 0 Å². The molecule has 0 aromatic heterocycles. The summed E-state index contributed by atoms with van der Waals surface area (Å²) in [5.74, 6) is 0. The van der Waals surface area contributed by atoms with Gasteiger partial charge in [-0.05, 0) is 0 Å². The molecule has 9 heavy (non-hydrogen) atoms. The van der Waals surface area contributed by atoms with Gasteiger partial charge in [0, 0.05) is 0 Å². The van der Waals surface area contributed by atoms with E-state index in [1.165, 1.54) is 38.4 Å². The zero-order valence-corrected chi connectivity index (χ0v) is 6.82. The first-order chi connectivity index (χ1) is 4.41. The highest BCUT2D eigenvalue weighted by Gasteiger charge is 1.86. The van der Waals surface area contributed by atoms with Gasteiger partial charge in [0.15, 0.2) is 0 Å². The van der Waals surface area contributed by atoms with E-state index in [0.29, 0.717) is 0 Å². The second-order valence-corrected chi connectivity index (χ2v) is 2.61. The quantitative estimate of drug-likeness (QED) is 0.378. The minimum Gasteiger partial charge on any atom is -0.0920 e. The summed E-state index contributed by atoms with van der Waals surface area (Å²) < 4.78 is 0. The van der Waals surface area contributed by atoms with Crippen LogP contribution in [0.2, 0.25) is 13.1 Å². The highest BCUT2D eigenvalue weighted by atomic mass is 13.9. The largest absolute Gasteiger partial charge is 0.105 e. The van der Waals surface area contributed by atoms with Crippen LogP contribution in [0.15, 0.2) is 0 Å². The van der Waals surface area contributed by atoms with Crippen molar-refractivity contribution in [2.45, 2.75) is 52.2 Å². The Kier molecular flexibility index (Phi) is 8.12. The molecular weight excluding hydrogens is 107 g/mol. The maximum Gasteiger partial charge on any atom is 0.105 e. The SMILES string of the molecule is C[B]CCCCCCC. The summed E-state index contributed by atoms with van der Waals surface area (Å²) in [5.41, 5.74) is 0. The van der Waals surface area contributed by atoms with E-state index in [9.17, 15) is 0 Å². The molecule has 0 aliphatic rings. The van der Waals surface area contributed by atoms with Crippen LogP contribution < -0.4 is 0 Å². The molecule has 0 unspecified atom stereocenters. The van der Waals surface area contributed by atoms with Gasteiger partial charge in [-0.3, -0.25) is 0 Å². The Bertz CT molecular complexity index is 37.8. The van der Waals surface area contributed by atoms with Crippen LogP contribution in [-0.2, 0) is 0 Å². The molecule has 0 atom stereocenters. The van der Waals surface area contributed by atoms with Crippen molar-refractivity contribution < 1.29 is 0 Å². The van der Waals surface area contributed by atoms with Gasteiger partial charge in [0.2, 0.25) is 0 Å². The third kappa shape index (κ3) is 8.06. The molecule has 1 heteroatoms. The van der Waals surface area contributed by atoms with Crippen molar-refractivity contribution in [2.24, 2.45) is 0 Å². The second kappa shape index (κ2) is 8.06. The van der Waals surface area contributed by atoms with E-state index in [2.05, 4.69) is 21.0 Å². The lowest BCUT2D eigenvalue weighted by atomic mass is 9.76. The van der Waals surface area contributed by atoms with Gasteiger partial charge in [0.1, 0.15) is 7.28 Å². The van der Waals surface area contributed by atoms with E-state index >= 15 is 0 Å². The molecule has 0 heterocycles. The molecule has 53 valence electrons. The van der Waals surface area contributed by atoms with E-state index in [1.54, 1.807) is 0 Å². The molecule has 0 spiro atoms. The second-order valence-electron chi connectivity index (χ2n) is 2.61. The molecule has 0 aliphatic carbocycles. The Morgan fingerprint density at radius 3 is 2.22 bits per heavy atom. The third-order valence-corrected chi connectivity index (χ3v) is 1.60. The summed E-state index contributed by atoms with van der Waals surface area (Å²) in [6, 6.07) is 0. The van der Waals surface area contributed by atoms with E-state index < -0.39 is 0 Å². The average Bonchev–Trinajstić information content (AvgIpc) is 1.89. The van der Waals surface area contributed by atoms with Crippen LogP contribution in [0.3, 0.4) is 0 Å². The zero-order valence-electron chi connectivity index (χ0n) is 6.82. The molecule has 0 bridgehead atoms. The van der Waals surface area contributed by atoms with Crippen molar-refractivity contribution >= 4 is 7.28 Å². The predicted molar refractivity (Wildman–Crippen MR) is 45.2 cm³/mol. The number of unbranched alkanes of at least 4 members (excludes halogenated alkanes) is 4. The van der Waals surface area contributed by atoms with E-state index in [0.717, 1.165) is 0 Å². The lowest BCUT2D eigenvalue weighted by Crippen LogP contribution is -1.81. The van der Waals surface area contributed by atoms with Gasteiger partial charge >= 0.3 is 0 Å². The van der Waals surface area contributed by atoms with Gasteiger partial charge in [-0.15, -0.1) is 0 Å². The minimum atomic E-state index is 1.31. The molecule has 0 saturated carbocycles. The van der Waals surface area contributed by atoms with Gasteiger partial charge in [-0.2, -0.15) is 0 Å². The molecule has 0 amide bonds. The first kappa shape index (κ1) is 9.06. The lowest BCUT2D eigenvalue weighted by molar-refractivity contribution is 0.655. The minimum absolute atomic E-state index is 1.31. The fourth-order valence-electron chi connectivity index (χ4n) is 0.952. The summed E-state index contributed by atoms with van der Waals surface area (Å²) in [7, 11) is 2.26. The lowest BCUT2D eigenvalue weighted by Gasteiger charge is -1.95. The summed E-state index contributed by atoms with van der Waals surface area (Å²) in [6.45, 7) is 4.39. The summed E-state index contributed by atoms with van der Waals surface area (Å²) in [6.07, 6.45) is 8.35. The van der Waals surface area contributed by atoms with E-state index in [4.69, 9.17) is 0 Å². The predicted octanol–water partition coefficient (Wildman–Crippen LogP) is 3.13.